The van der Waals surface area contributed by atoms with Gasteiger partial charge in [0.2, 0.25) is 11.8 Å². The van der Waals surface area contributed by atoms with Gasteiger partial charge in [-0.25, -0.2) is 0 Å². The number of anilines is 1. The molecule has 0 aliphatic heterocycles. The van der Waals surface area contributed by atoms with E-state index in [1.54, 1.807) is 0 Å². The third-order valence-electron chi connectivity index (χ3n) is 5.47. The number of hydrogen-bond acceptors (Lipinski definition) is 3. The van der Waals surface area contributed by atoms with Crippen LogP contribution in [0.25, 0.3) is 0 Å². The van der Waals surface area contributed by atoms with Gasteiger partial charge in [0.15, 0.2) is 0 Å². The van der Waals surface area contributed by atoms with Crippen LogP contribution in [0.1, 0.15) is 70.4 Å². The van der Waals surface area contributed by atoms with Crippen molar-refractivity contribution in [2.75, 3.05) is 5.32 Å². The van der Waals surface area contributed by atoms with E-state index in [0.29, 0.717) is 6.04 Å². The van der Waals surface area contributed by atoms with Gasteiger partial charge >= 0.3 is 0 Å². The molecular weight excluding hydrogens is 326 g/mol. The van der Waals surface area contributed by atoms with Gasteiger partial charge in [0.25, 0.3) is 0 Å². The predicted molar refractivity (Wildman–Crippen MR) is 104 cm³/mol. The van der Waals surface area contributed by atoms with Crippen molar-refractivity contribution < 1.29 is 9.59 Å². The number of carbonyl (C=O) groups is 2. The summed E-state index contributed by atoms with van der Waals surface area (Å²) in [7, 11) is 0. The van der Waals surface area contributed by atoms with E-state index in [2.05, 4.69) is 22.9 Å². The topological polar surface area (TPSA) is 70.2 Å². The molecule has 5 nitrogen and oxygen atoms in total. The molecule has 0 unspecified atom stereocenters. The van der Waals surface area contributed by atoms with E-state index in [0.717, 1.165) is 36.9 Å². The highest BCUT2D eigenvalue weighted by molar-refractivity contribution is 5.94. The first-order valence-electron chi connectivity index (χ1n) is 10.00. The second kappa shape index (κ2) is 8.67. The molecule has 0 spiro atoms. The summed E-state index contributed by atoms with van der Waals surface area (Å²) in [6, 6.07) is 8.04. The molecule has 2 saturated carbocycles. The quantitative estimate of drug-likeness (QED) is 0.699. The van der Waals surface area contributed by atoms with E-state index in [9.17, 15) is 9.59 Å². The van der Waals surface area contributed by atoms with E-state index < -0.39 is 0 Å². The Hall–Kier alpha value is -1.88. The largest absolute Gasteiger partial charge is 0.352 e. The standard InChI is InChI=1S/C21H31N3O2/c1-14(22-15(2)20(25)23-18-6-4-3-5-7-18)16-10-12-19(13-11-16)24-21(26)17-8-9-17/h10-15,17-18,22H,3-9H2,1-2H3,(H,23,25)(H,24,26)/t14-,15-/m0/s1. The second-order valence-corrected chi connectivity index (χ2v) is 7.84. The van der Waals surface area contributed by atoms with Crippen LogP contribution in [-0.2, 0) is 9.59 Å². The summed E-state index contributed by atoms with van der Waals surface area (Å²) in [6.45, 7) is 3.97. The second-order valence-electron chi connectivity index (χ2n) is 7.84. The fourth-order valence-corrected chi connectivity index (χ4v) is 3.56. The number of hydrogen-bond donors (Lipinski definition) is 3. The number of nitrogens with one attached hydrogen (secondary N) is 3. The maximum Gasteiger partial charge on any atom is 0.237 e. The van der Waals surface area contributed by atoms with Crippen LogP contribution in [0, 0.1) is 5.92 Å². The van der Waals surface area contributed by atoms with Crippen molar-refractivity contribution in [3.8, 4) is 0 Å². The lowest BCUT2D eigenvalue weighted by Gasteiger charge is -2.26. The van der Waals surface area contributed by atoms with E-state index in [4.69, 9.17) is 0 Å². The molecule has 0 saturated heterocycles. The van der Waals surface area contributed by atoms with Crippen LogP contribution < -0.4 is 16.0 Å². The Kier molecular flexibility index (Phi) is 6.30. The van der Waals surface area contributed by atoms with Gasteiger partial charge in [-0.05, 0) is 57.2 Å². The summed E-state index contributed by atoms with van der Waals surface area (Å²) in [5.74, 6) is 0.410. The monoisotopic (exact) mass is 357 g/mol. The van der Waals surface area contributed by atoms with Crippen LogP contribution in [0.4, 0.5) is 5.69 Å². The average molecular weight is 357 g/mol. The zero-order chi connectivity index (χ0) is 18.5. The molecule has 3 rings (SSSR count). The van der Waals surface area contributed by atoms with Gasteiger partial charge in [-0.1, -0.05) is 31.4 Å². The van der Waals surface area contributed by atoms with Gasteiger partial charge in [0, 0.05) is 23.7 Å². The van der Waals surface area contributed by atoms with Crippen LogP contribution in [0.5, 0.6) is 0 Å². The van der Waals surface area contributed by atoms with Gasteiger partial charge in [-0.2, -0.15) is 0 Å². The molecule has 2 aliphatic rings. The molecule has 0 bridgehead atoms. The summed E-state index contributed by atoms with van der Waals surface area (Å²) < 4.78 is 0. The lowest BCUT2D eigenvalue weighted by Crippen LogP contribution is -2.47. The van der Waals surface area contributed by atoms with Gasteiger partial charge in [-0.15, -0.1) is 0 Å². The highest BCUT2D eigenvalue weighted by Gasteiger charge is 2.29. The Morgan fingerprint density at radius 2 is 1.62 bits per heavy atom. The Labute approximate surface area is 156 Å². The van der Waals surface area contributed by atoms with Crippen molar-refractivity contribution in [1.29, 1.82) is 0 Å². The SMILES string of the molecule is C[C@H](N[C@@H](C)c1ccc(NC(=O)C2CC2)cc1)C(=O)NC1CCCCC1. The fourth-order valence-electron chi connectivity index (χ4n) is 3.56. The van der Waals surface area contributed by atoms with Gasteiger partial charge in [-0.3, -0.25) is 14.9 Å². The highest BCUT2D eigenvalue weighted by Crippen LogP contribution is 2.30. The Morgan fingerprint density at radius 3 is 2.23 bits per heavy atom. The van der Waals surface area contributed by atoms with Crippen LogP contribution in [-0.4, -0.2) is 23.9 Å². The Bertz CT molecular complexity index is 619. The smallest absolute Gasteiger partial charge is 0.237 e. The van der Waals surface area contributed by atoms with Crippen molar-refractivity contribution in [3.05, 3.63) is 29.8 Å². The number of rotatable bonds is 7. The third-order valence-corrected chi connectivity index (χ3v) is 5.47. The lowest BCUT2D eigenvalue weighted by atomic mass is 9.95. The summed E-state index contributed by atoms with van der Waals surface area (Å²) >= 11 is 0. The molecule has 0 heterocycles. The van der Waals surface area contributed by atoms with Gasteiger partial charge in [0.05, 0.1) is 6.04 Å². The fraction of sp³-hybridized carbons (Fsp3) is 0.619. The molecule has 2 aliphatic carbocycles. The predicted octanol–water partition coefficient (Wildman–Crippen LogP) is 3.52. The minimum absolute atomic E-state index is 0.0651. The molecule has 26 heavy (non-hydrogen) atoms. The van der Waals surface area contributed by atoms with Crippen LogP contribution >= 0.6 is 0 Å². The van der Waals surface area contributed by atoms with Crippen molar-refractivity contribution in [3.63, 3.8) is 0 Å². The van der Waals surface area contributed by atoms with Crippen molar-refractivity contribution in [1.82, 2.24) is 10.6 Å². The highest BCUT2D eigenvalue weighted by atomic mass is 16.2. The molecule has 0 aromatic heterocycles. The first kappa shape index (κ1) is 18.9. The van der Waals surface area contributed by atoms with Crippen molar-refractivity contribution >= 4 is 17.5 Å². The van der Waals surface area contributed by atoms with Crippen LogP contribution in [0.15, 0.2) is 24.3 Å². The maximum atomic E-state index is 12.4. The van der Waals surface area contributed by atoms with Crippen molar-refractivity contribution in [2.24, 2.45) is 5.92 Å². The summed E-state index contributed by atoms with van der Waals surface area (Å²) in [6.07, 6.45) is 7.93. The molecule has 1 aromatic rings. The molecule has 1 aromatic carbocycles. The van der Waals surface area contributed by atoms with E-state index in [1.165, 1.54) is 19.3 Å². The van der Waals surface area contributed by atoms with Crippen LogP contribution in [0.3, 0.4) is 0 Å². The number of amides is 2. The lowest BCUT2D eigenvalue weighted by molar-refractivity contribution is -0.124. The molecule has 142 valence electrons. The van der Waals surface area contributed by atoms with Gasteiger partial charge in [0.1, 0.15) is 0 Å². The average Bonchev–Trinajstić information content (AvgIpc) is 3.48. The normalized spacial score (nSPS) is 20.2. The Morgan fingerprint density at radius 1 is 0.962 bits per heavy atom. The van der Waals surface area contributed by atoms with E-state index in [1.807, 2.05) is 31.2 Å². The number of carbonyl (C=O) groups excluding carboxylic acids is 2. The summed E-state index contributed by atoms with van der Waals surface area (Å²) in [5, 5.41) is 9.50. The summed E-state index contributed by atoms with van der Waals surface area (Å²) in [4.78, 5) is 24.2. The Balaban J connectivity index is 1.47. The van der Waals surface area contributed by atoms with Gasteiger partial charge < -0.3 is 10.6 Å². The van der Waals surface area contributed by atoms with E-state index >= 15 is 0 Å². The molecule has 5 heteroatoms. The molecular formula is C21H31N3O2. The van der Waals surface area contributed by atoms with Crippen LogP contribution in [0.2, 0.25) is 0 Å². The maximum absolute atomic E-state index is 12.4. The molecule has 0 radical (unpaired) electrons. The first-order chi connectivity index (χ1) is 12.5. The summed E-state index contributed by atoms with van der Waals surface area (Å²) in [5.41, 5.74) is 1.94. The minimum Gasteiger partial charge on any atom is -0.352 e. The third kappa shape index (κ3) is 5.31. The van der Waals surface area contributed by atoms with E-state index in [-0.39, 0.29) is 29.8 Å². The molecule has 3 N–H and O–H groups in total. The molecule has 2 fully saturated rings. The van der Waals surface area contributed by atoms with Crippen molar-refractivity contribution in [2.45, 2.75) is 76.9 Å². The minimum atomic E-state index is -0.235. The zero-order valence-electron chi connectivity index (χ0n) is 15.9. The first-order valence-corrected chi connectivity index (χ1v) is 10.00. The molecule has 2 atom stereocenters. The zero-order valence-corrected chi connectivity index (χ0v) is 15.9. The number of benzene rings is 1. The molecule has 2 amide bonds.